The fraction of sp³-hybridized carbons (Fsp3) is 0.923. The third-order valence-electron chi connectivity index (χ3n) is 3.62. The highest BCUT2D eigenvalue weighted by Gasteiger charge is 2.20. The summed E-state index contributed by atoms with van der Waals surface area (Å²) >= 11 is 0. The van der Waals surface area contributed by atoms with E-state index in [0.717, 1.165) is 25.4 Å². The first-order valence-electron chi connectivity index (χ1n) is 6.84. The van der Waals surface area contributed by atoms with Gasteiger partial charge in [0, 0.05) is 13.0 Å². The summed E-state index contributed by atoms with van der Waals surface area (Å²) in [5.74, 6) is 1.18. The summed E-state index contributed by atoms with van der Waals surface area (Å²) in [5.41, 5.74) is 5.39. The molecule has 4 nitrogen and oxygen atoms in total. The lowest BCUT2D eigenvalue weighted by atomic mass is 9.85. The minimum Gasteiger partial charge on any atom is -0.409 e. The van der Waals surface area contributed by atoms with Crippen molar-refractivity contribution in [2.75, 3.05) is 6.61 Å². The van der Waals surface area contributed by atoms with Gasteiger partial charge in [0.05, 0.1) is 6.10 Å². The molecule has 0 bridgehead atoms. The fourth-order valence-corrected chi connectivity index (χ4v) is 2.47. The van der Waals surface area contributed by atoms with E-state index in [0.29, 0.717) is 18.4 Å². The van der Waals surface area contributed by atoms with E-state index in [2.05, 4.69) is 12.1 Å². The Hall–Kier alpha value is -0.770. The van der Waals surface area contributed by atoms with Crippen molar-refractivity contribution < 1.29 is 9.94 Å². The van der Waals surface area contributed by atoms with Crippen LogP contribution in [-0.4, -0.2) is 23.8 Å². The van der Waals surface area contributed by atoms with Gasteiger partial charge in [0.1, 0.15) is 5.84 Å². The zero-order valence-electron chi connectivity index (χ0n) is 10.9. The smallest absolute Gasteiger partial charge is 0.139 e. The molecule has 0 aromatic rings. The van der Waals surface area contributed by atoms with Crippen LogP contribution in [0.15, 0.2) is 5.16 Å². The molecule has 0 radical (unpaired) electrons. The highest BCUT2D eigenvalue weighted by Crippen LogP contribution is 2.28. The number of nitrogens with zero attached hydrogens (tertiary/aromatic N) is 1. The lowest BCUT2D eigenvalue weighted by molar-refractivity contribution is 0.0110. The molecular weight excluding hydrogens is 216 g/mol. The second-order valence-electron chi connectivity index (χ2n) is 4.98. The van der Waals surface area contributed by atoms with Crippen LogP contribution in [0.4, 0.5) is 0 Å². The van der Waals surface area contributed by atoms with Crippen LogP contribution in [-0.2, 0) is 4.74 Å². The number of amidine groups is 1. The maximum absolute atomic E-state index is 8.38. The van der Waals surface area contributed by atoms with Gasteiger partial charge in [0.15, 0.2) is 0 Å². The third-order valence-corrected chi connectivity index (χ3v) is 3.62. The molecule has 100 valence electrons. The zero-order chi connectivity index (χ0) is 12.5. The van der Waals surface area contributed by atoms with Crippen molar-refractivity contribution in [2.45, 2.75) is 64.4 Å². The SMILES string of the molecule is CCC1CCCC(OCCCCC(N)=NO)C1. The van der Waals surface area contributed by atoms with Crippen LogP contribution in [0, 0.1) is 5.92 Å². The van der Waals surface area contributed by atoms with Crippen LogP contribution in [0.3, 0.4) is 0 Å². The first-order valence-corrected chi connectivity index (χ1v) is 6.84. The first-order chi connectivity index (χ1) is 8.26. The summed E-state index contributed by atoms with van der Waals surface area (Å²) in [4.78, 5) is 0. The van der Waals surface area contributed by atoms with Gasteiger partial charge in [-0.15, -0.1) is 0 Å². The molecule has 0 aliphatic heterocycles. The highest BCUT2D eigenvalue weighted by molar-refractivity contribution is 5.79. The molecule has 0 heterocycles. The molecule has 1 saturated carbocycles. The molecule has 0 aromatic carbocycles. The van der Waals surface area contributed by atoms with Gasteiger partial charge < -0.3 is 15.7 Å². The average Bonchev–Trinajstić information content (AvgIpc) is 2.38. The van der Waals surface area contributed by atoms with Gasteiger partial charge in [-0.05, 0) is 31.6 Å². The summed E-state index contributed by atoms with van der Waals surface area (Å²) < 4.78 is 5.89. The molecular formula is C13H26N2O2. The van der Waals surface area contributed by atoms with Crippen LogP contribution in [0.2, 0.25) is 0 Å². The Bertz CT molecular complexity index is 231. The molecule has 0 saturated heterocycles. The Kier molecular flexibility index (Phi) is 7.01. The van der Waals surface area contributed by atoms with Crippen molar-refractivity contribution in [3.05, 3.63) is 0 Å². The topological polar surface area (TPSA) is 67.8 Å². The minimum absolute atomic E-state index is 0.314. The molecule has 1 rings (SSSR count). The van der Waals surface area contributed by atoms with E-state index in [9.17, 15) is 0 Å². The first kappa shape index (κ1) is 14.3. The maximum atomic E-state index is 8.38. The van der Waals surface area contributed by atoms with Gasteiger partial charge >= 0.3 is 0 Å². The van der Waals surface area contributed by atoms with Crippen molar-refractivity contribution in [2.24, 2.45) is 16.8 Å². The van der Waals surface area contributed by atoms with E-state index in [1.807, 2.05) is 0 Å². The van der Waals surface area contributed by atoms with Gasteiger partial charge in [0.25, 0.3) is 0 Å². The lowest BCUT2D eigenvalue weighted by Crippen LogP contribution is -2.23. The number of hydrogen-bond acceptors (Lipinski definition) is 3. The van der Waals surface area contributed by atoms with Crippen LogP contribution in [0.25, 0.3) is 0 Å². The van der Waals surface area contributed by atoms with Crippen molar-refractivity contribution in [1.29, 1.82) is 0 Å². The second kappa shape index (κ2) is 8.34. The summed E-state index contributed by atoms with van der Waals surface area (Å²) in [6.45, 7) is 3.07. The maximum Gasteiger partial charge on any atom is 0.139 e. The lowest BCUT2D eigenvalue weighted by Gasteiger charge is -2.28. The van der Waals surface area contributed by atoms with Crippen LogP contribution >= 0.6 is 0 Å². The van der Waals surface area contributed by atoms with E-state index in [1.165, 1.54) is 32.1 Å². The quantitative estimate of drug-likeness (QED) is 0.237. The number of rotatable bonds is 7. The molecule has 1 aliphatic rings. The Labute approximate surface area is 104 Å². The normalized spacial score (nSPS) is 26.1. The highest BCUT2D eigenvalue weighted by atomic mass is 16.5. The Morgan fingerprint density at radius 1 is 1.41 bits per heavy atom. The molecule has 0 amide bonds. The predicted molar refractivity (Wildman–Crippen MR) is 69.2 cm³/mol. The standard InChI is InChI=1S/C13H26N2O2/c1-2-11-6-5-7-12(10-11)17-9-4-3-8-13(14)15-16/h11-12,16H,2-10H2,1H3,(H2,14,15). The number of unbranched alkanes of at least 4 members (excludes halogenated alkanes) is 1. The van der Waals surface area contributed by atoms with Gasteiger partial charge in [-0.3, -0.25) is 0 Å². The van der Waals surface area contributed by atoms with Crippen molar-refractivity contribution in [3.8, 4) is 0 Å². The molecule has 17 heavy (non-hydrogen) atoms. The largest absolute Gasteiger partial charge is 0.409 e. The number of ether oxygens (including phenoxy) is 1. The summed E-state index contributed by atoms with van der Waals surface area (Å²) in [7, 11) is 0. The molecule has 2 atom stereocenters. The summed E-state index contributed by atoms with van der Waals surface area (Å²) in [6.07, 6.45) is 9.47. The second-order valence-corrected chi connectivity index (χ2v) is 4.98. The molecule has 1 fully saturated rings. The fourth-order valence-electron chi connectivity index (χ4n) is 2.47. The van der Waals surface area contributed by atoms with E-state index in [-0.39, 0.29) is 0 Å². The Balaban J connectivity index is 2.02. The van der Waals surface area contributed by atoms with Gasteiger partial charge in [-0.2, -0.15) is 0 Å². The summed E-state index contributed by atoms with van der Waals surface area (Å²) in [5, 5.41) is 11.3. The summed E-state index contributed by atoms with van der Waals surface area (Å²) in [6, 6.07) is 0. The molecule has 0 spiro atoms. The Morgan fingerprint density at radius 3 is 2.94 bits per heavy atom. The molecule has 1 aliphatic carbocycles. The van der Waals surface area contributed by atoms with Gasteiger partial charge in [0.2, 0.25) is 0 Å². The number of hydrogen-bond donors (Lipinski definition) is 2. The molecule has 0 aromatic heterocycles. The minimum atomic E-state index is 0.314. The van der Waals surface area contributed by atoms with E-state index < -0.39 is 0 Å². The number of oxime groups is 1. The van der Waals surface area contributed by atoms with Crippen molar-refractivity contribution in [1.82, 2.24) is 0 Å². The number of nitrogens with two attached hydrogens (primary N) is 1. The van der Waals surface area contributed by atoms with Gasteiger partial charge in [-0.25, -0.2) is 0 Å². The zero-order valence-corrected chi connectivity index (χ0v) is 10.9. The van der Waals surface area contributed by atoms with Crippen LogP contribution in [0.5, 0.6) is 0 Å². The average molecular weight is 242 g/mol. The molecule has 4 heteroatoms. The van der Waals surface area contributed by atoms with Crippen molar-refractivity contribution >= 4 is 5.84 Å². The van der Waals surface area contributed by atoms with E-state index in [4.69, 9.17) is 15.7 Å². The monoisotopic (exact) mass is 242 g/mol. The van der Waals surface area contributed by atoms with Gasteiger partial charge in [-0.1, -0.05) is 31.3 Å². The third kappa shape index (κ3) is 5.91. The van der Waals surface area contributed by atoms with E-state index in [1.54, 1.807) is 0 Å². The van der Waals surface area contributed by atoms with E-state index >= 15 is 0 Å². The molecule has 2 unspecified atom stereocenters. The van der Waals surface area contributed by atoms with Crippen molar-refractivity contribution in [3.63, 3.8) is 0 Å². The van der Waals surface area contributed by atoms with Crippen LogP contribution < -0.4 is 5.73 Å². The van der Waals surface area contributed by atoms with Crippen LogP contribution in [0.1, 0.15) is 58.3 Å². The molecule has 3 N–H and O–H groups in total. The Morgan fingerprint density at radius 2 is 2.24 bits per heavy atom. The predicted octanol–water partition coefficient (Wildman–Crippen LogP) is 2.89.